The topological polar surface area (TPSA) is 44.0 Å². The molecule has 1 unspecified atom stereocenters. The Kier molecular flexibility index (Phi) is 3.49. The summed E-state index contributed by atoms with van der Waals surface area (Å²) in [5.74, 6) is 0. The summed E-state index contributed by atoms with van der Waals surface area (Å²) in [6.07, 6.45) is 0.312. The highest BCUT2D eigenvalue weighted by Crippen LogP contribution is 2.45. The molecule has 1 aliphatic carbocycles. The van der Waals surface area contributed by atoms with E-state index >= 15 is 0 Å². The number of hydrogen-bond donors (Lipinski definition) is 1. The predicted octanol–water partition coefficient (Wildman–Crippen LogP) is 3.99. The third-order valence-electron chi connectivity index (χ3n) is 4.39. The summed E-state index contributed by atoms with van der Waals surface area (Å²) in [6.45, 7) is 1.92. The Morgan fingerprint density at radius 1 is 1.19 bits per heavy atom. The van der Waals surface area contributed by atoms with Crippen LogP contribution in [0.3, 0.4) is 0 Å². The number of aryl methyl sites for hydroxylation is 1. The first-order valence-corrected chi connectivity index (χ1v) is 7.36. The number of aliphatic hydroxyl groups is 1. The average Bonchev–Trinajstić information content (AvgIpc) is 2.89. The minimum atomic E-state index is -0.840. The standard InChI is InChI=1S/C18H16ClNO/c1-12-6-7-13(8-16(12)19)17(21)18(11-20)9-14-4-2-3-5-15(14)10-18/h2-8,17,21H,9-10H2,1H3. The fraction of sp³-hybridized carbons (Fsp3) is 0.278. The second-order valence-corrected chi connectivity index (χ2v) is 6.21. The first-order chi connectivity index (χ1) is 10.1. The van der Waals surface area contributed by atoms with Gasteiger partial charge in [-0.1, -0.05) is 48.0 Å². The molecule has 0 saturated carbocycles. The molecule has 106 valence electrons. The summed E-state index contributed by atoms with van der Waals surface area (Å²) in [5, 5.41) is 21.1. The molecule has 0 aromatic heterocycles. The Labute approximate surface area is 129 Å². The van der Waals surface area contributed by atoms with E-state index in [1.54, 1.807) is 6.07 Å². The van der Waals surface area contributed by atoms with E-state index in [1.807, 2.05) is 43.3 Å². The van der Waals surface area contributed by atoms with E-state index in [9.17, 15) is 10.4 Å². The molecule has 2 aromatic carbocycles. The molecule has 0 radical (unpaired) electrons. The number of hydrogen-bond acceptors (Lipinski definition) is 2. The number of nitrogens with zero attached hydrogens (tertiary/aromatic N) is 1. The number of aliphatic hydroxyl groups excluding tert-OH is 1. The van der Waals surface area contributed by atoms with E-state index in [4.69, 9.17) is 11.6 Å². The number of rotatable bonds is 2. The Bertz CT molecular complexity index is 707. The van der Waals surface area contributed by atoms with Crippen LogP contribution in [-0.4, -0.2) is 5.11 Å². The summed E-state index contributed by atoms with van der Waals surface area (Å²) < 4.78 is 0. The molecular weight excluding hydrogens is 282 g/mol. The maximum Gasteiger partial charge on any atom is 0.0983 e. The van der Waals surface area contributed by atoms with E-state index in [-0.39, 0.29) is 0 Å². The Balaban J connectivity index is 1.98. The number of nitriles is 1. The molecule has 2 nitrogen and oxygen atoms in total. The van der Waals surface area contributed by atoms with Gasteiger partial charge in [-0.05, 0) is 48.1 Å². The van der Waals surface area contributed by atoms with Gasteiger partial charge in [0.15, 0.2) is 0 Å². The molecule has 3 rings (SSSR count). The summed E-state index contributed by atoms with van der Waals surface area (Å²) in [4.78, 5) is 0. The van der Waals surface area contributed by atoms with Gasteiger partial charge in [0.25, 0.3) is 0 Å². The SMILES string of the molecule is Cc1ccc(C(O)C2(C#N)Cc3ccccc3C2)cc1Cl. The van der Waals surface area contributed by atoms with Gasteiger partial charge in [0.1, 0.15) is 0 Å². The van der Waals surface area contributed by atoms with E-state index in [2.05, 4.69) is 6.07 Å². The zero-order valence-corrected chi connectivity index (χ0v) is 12.6. The van der Waals surface area contributed by atoms with Crippen LogP contribution in [0, 0.1) is 23.7 Å². The predicted molar refractivity (Wildman–Crippen MR) is 83.0 cm³/mol. The normalized spacial score (nSPS) is 17.0. The molecule has 1 aliphatic rings. The van der Waals surface area contributed by atoms with Crippen LogP contribution in [0.15, 0.2) is 42.5 Å². The van der Waals surface area contributed by atoms with Crippen LogP contribution in [0.2, 0.25) is 5.02 Å². The molecule has 0 amide bonds. The maximum absolute atomic E-state index is 10.8. The highest BCUT2D eigenvalue weighted by atomic mass is 35.5. The van der Waals surface area contributed by atoms with Crippen molar-refractivity contribution in [3.63, 3.8) is 0 Å². The number of halogens is 1. The molecule has 0 bridgehead atoms. The Morgan fingerprint density at radius 3 is 2.33 bits per heavy atom. The second kappa shape index (κ2) is 5.18. The van der Waals surface area contributed by atoms with E-state index in [0.717, 1.165) is 16.7 Å². The maximum atomic E-state index is 10.8. The van der Waals surface area contributed by atoms with Crippen LogP contribution in [0.4, 0.5) is 0 Å². The monoisotopic (exact) mass is 297 g/mol. The molecule has 1 N–H and O–H groups in total. The van der Waals surface area contributed by atoms with Crippen LogP contribution in [-0.2, 0) is 12.8 Å². The molecule has 0 saturated heterocycles. The van der Waals surface area contributed by atoms with Gasteiger partial charge in [-0.2, -0.15) is 5.26 Å². The zero-order chi connectivity index (χ0) is 15.0. The van der Waals surface area contributed by atoms with Gasteiger partial charge in [0.2, 0.25) is 0 Å². The van der Waals surface area contributed by atoms with Gasteiger partial charge in [-0.15, -0.1) is 0 Å². The lowest BCUT2D eigenvalue weighted by Gasteiger charge is -2.27. The number of benzene rings is 2. The van der Waals surface area contributed by atoms with Crippen LogP contribution < -0.4 is 0 Å². The van der Waals surface area contributed by atoms with Crippen molar-refractivity contribution in [3.05, 3.63) is 69.7 Å². The van der Waals surface area contributed by atoms with Crippen molar-refractivity contribution in [1.29, 1.82) is 5.26 Å². The summed E-state index contributed by atoms with van der Waals surface area (Å²) >= 11 is 6.15. The van der Waals surface area contributed by atoms with Gasteiger partial charge in [0.05, 0.1) is 17.6 Å². The lowest BCUT2D eigenvalue weighted by Crippen LogP contribution is -2.28. The van der Waals surface area contributed by atoms with Crippen LogP contribution in [0.1, 0.15) is 28.4 Å². The van der Waals surface area contributed by atoms with E-state index < -0.39 is 11.5 Å². The third-order valence-corrected chi connectivity index (χ3v) is 4.80. The fourth-order valence-electron chi connectivity index (χ4n) is 3.08. The smallest absolute Gasteiger partial charge is 0.0983 e. The molecular formula is C18H16ClNO. The molecule has 0 spiro atoms. The zero-order valence-electron chi connectivity index (χ0n) is 11.8. The van der Waals surface area contributed by atoms with Crippen molar-refractivity contribution in [2.45, 2.75) is 25.9 Å². The van der Waals surface area contributed by atoms with Crippen LogP contribution in [0.5, 0.6) is 0 Å². The second-order valence-electron chi connectivity index (χ2n) is 5.80. The van der Waals surface area contributed by atoms with Crippen molar-refractivity contribution in [2.75, 3.05) is 0 Å². The van der Waals surface area contributed by atoms with Gasteiger partial charge < -0.3 is 5.11 Å². The Morgan fingerprint density at radius 2 is 1.81 bits per heavy atom. The lowest BCUT2D eigenvalue weighted by molar-refractivity contribution is 0.0693. The van der Waals surface area contributed by atoms with Crippen molar-refractivity contribution in [1.82, 2.24) is 0 Å². The molecule has 21 heavy (non-hydrogen) atoms. The van der Waals surface area contributed by atoms with Gasteiger partial charge in [-0.3, -0.25) is 0 Å². The lowest BCUT2D eigenvalue weighted by atomic mass is 9.77. The van der Waals surface area contributed by atoms with Gasteiger partial charge in [-0.25, -0.2) is 0 Å². The molecule has 0 fully saturated rings. The molecule has 3 heteroatoms. The van der Waals surface area contributed by atoms with Crippen molar-refractivity contribution >= 4 is 11.6 Å². The minimum Gasteiger partial charge on any atom is -0.387 e. The van der Waals surface area contributed by atoms with Crippen molar-refractivity contribution in [2.24, 2.45) is 5.41 Å². The van der Waals surface area contributed by atoms with Crippen molar-refractivity contribution < 1.29 is 5.11 Å². The number of fused-ring (bicyclic) bond motifs is 1. The summed E-state index contributed by atoms with van der Waals surface area (Å²) in [7, 11) is 0. The highest BCUT2D eigenvalue weighted by Gasteiger charge is 2.44. The van der Waals surface area contributed by atoms with Crippen molar-refractivity contribution in [3.8, 4) is 6.07 Å². The van der Waals surface area contributed by atoms with Crippen LogP contribution in [0.25, 0.3) is 0 Å². The molecule has 0 aliphatic heterocycles. The van der Waals surface area contributed by atoms with Crippen LogP contribution >= 0.6 is 11.6 Å². The Hall–Kier alpha value is -1.82. The highest BCUT2D eigenvalue weighted by molar-refractivity contribution is 6.31. The third kappa shape index (κ3) is 2.33. The summed E-state index contributed by atoms with van der Waals surface area (Å²) in [5.41, 5.74) is 3.17. The van der Waals surface area contributed by atoms with E-state index in [0.29, 0.717) is 23.4 Å². The molecule has 2 aromatic rings. The first-order valence-electron chi connectivity index (χ1n) is 6.98. The fourth-order valence-corrected chi connectivity index (χ4v) is 3.27. The quantitative estimate of drug-likeness (QED) is 0.911. The molecule has 0 heterocycles. The van der Waals surface area contributed by atoms with Gasteiger partial charge >= 0.3 is 0 Å². The summed E-state index contributed by atoms with van der Waals surface area (Å²) in [6, 6.07) is 15.9. The molecule has 1 atom stereocenters. The minimum absolute atomic E-state index is 0.576. The average molecular weight is 298 g/mol. The van der Waals surface area contributed by atoms with E-state index in [1.165, 1.54) is 0 Å². The largest absolute Gasteiger partial charge is 0.387 e. The first kappa shape index (κ1) is 14.1. The van der Waals surface area contributed by atoms with Gasteiger partial charge in [0, 0.05) is 5.02 Å².